The van der Waals surface area contributed by atoms with E-state index in [4.69, 9.17) is 0 Å². The van der Waals surface area contributed by atoms with Crippen molar-refractivity contribution in [3.8, 4) is 5.69 Å². The fourth-order valence-electron chi connectivity index (χ4n) is 2.79. The number of carbonyl (C=O) groups is 1. The summed E-state index contributed by atoms with van der Waals surface area (Å²) in [6.45, 7) is 1.31. The van der Waals surface area contributed by atoms with Gasteiger partial charge in [0, 0.05) is 11.4 Å². The molecule has 0 unspecified atom stereocenters. The molecule has 0 bridgehead atoms. The Morgan fingerprint density at radius 3 is 2.71 bits per heavy atom. The highest BCUT2D eigenvalue weighted by molar-refractivity contribution is 5.92. The van der Waals surface area contributed by atoms with Crippen molar-refractivity contribution >= 4 is 22.6 Å². The Balaban J connectivity index is 1.41. The number of rotatable bonds is 6. The number of anilines is 1. The fraction of sp³-hybridized carbons (Fsp3) is 0.263. The smallest absolute Gasteiger partial charge is 0.238 e. The van der Waals surface area contributed by atoms with Gasteiger partial charge in [0.05, 0.1) is 17.6 Å². The lowest BCUT2D eigenvalue weighted by atomic mass is 10.2. The van der Waals surface area contributed by atoms with E-state index in [0.29, 0.717) is 6.54 Å². The number of benzene rings is 2. The molecule has 0 aliphatic heterocycles. The van der Waals surface area contributed by atoms with Crippen LogP contribution in [0, 0.1) is 5.92 Å². The maximum atomic E-state index is 11.9. The van der Waals surface area contributed by atoms with E-state index in [1.165, 1.54) is 12.8 Å². The number of hydrogen-bond donors (Lipinski definition) is 2. The third kappa shape index (κ3) is 3.31. The minimum absolute atomic E-state index is 0.00326. The minimum Gasteiger partial charge on any atom is -0.325 e. The molecule has 1 aromatic heterocycles. The standard InChI is InChI=1S/C19H20N4O/c24-19(12-20-11-14-5-6-14)22-15-7-9-16(10-8-15)23-13-21-17-3-1-2-4-18(17)23/h1-4,7-10,13-14,20H,5-6,11-12H2,(H,22,24). The zero-order chi connectivity index (χ0) is 16.4. The summed E-state index contributed by atoms with van der Waals surface area (Å²) in [5, 5.41) is 6.12. The number of amides is 1. The summed E-state index contributed by atoms with van der Waals surface area (Å²) in [5.41, 5.74) is 3.87. The van der Waals surface area contributed by atoms with Crippen LogP contribution in [0.1, 0.15) is 12.8 Å². The van der Waals surface area contributed by atoms with Gasteiger partial charge >= 0.3 is 0 Å². The van der Waals surface area contributed by atoms with Gasteiger partial charge in [-0.25, -0.2) is 4.98 Å². The predicted octanol–water partition coefficient (Wildman–Crippen LogP) is 2.96. The summed E-state index contributed by atoms with van der Waals surface area (Å²) in [6, 6.07) is 15.8. The molecule has 1 aliphatic carbocycles. The first-order chi connectivity index (χ1) is 11.8. The van der Waals surface area contributed by atoms with Crippen molar-refractivity contribution in [2.45, 2.75) is 12.8 Å². The molecule has 0 radical (unpaired) electrons. The molecular formula is C19H20N4O. The Kier molecular flexibility index (Phi) is 4.01. The molecule has 3 aromatic rings. The lowest BCUT2D eigenvalue weighted by Crippen LogP contribution is -2.29. The average Bonchev–Trinajstić information content (AvgIpc) is 3.32. The monoisotopic (exact) mass is 320 g/mol. The maximum absolute atomic E-state index is 11.9. The van der Waals surface area contributed by atoms with Crippen LogP contribution in [0.4, 0.5) is 5.69 Å². The largest absolute Gasteiger partial charge is 0.325 e. The van der Waals surface area contributed by atoms with Crippen LogP contribution in [0.5, 0.6) is 0 Å². The van der Waals surface area contributed by atoms with Crippen molar-refractivity contribution in [2.75, 3.05) is 18.4 Å². The molecule has 2 aromatic carbocycles. The normalized spacial score (nSPS) is 14.0. The highest BCUT2D eigenvalue weighted by Crippen LogP contribution is 2.27. The summed E-state index contributed by atoms with van der Waals surface area (Å²) >= 11 is 0. The lowest BCUT2D eigenvalue weighted by Gasteiger charge is -2.08. The molecule has 1 heterocycles. The van der Waals surface area contributed by atoms with E-state index in [1.807, 2.05) is 59.4 Å². The van der Waals surface area contributed by atoms with E-state index in [0.717, 1.165) is 34.9 Å². The third-order valence-corrected chi connectivity index (χ3v) is 4.30. The van der Waals surface area contributed by atoms with Crippen LogP contribution in [-0.4, -0.2) is 28.5 Å². The van der Waals surface area contributed by atoms with Crippen LogP contribution < -0.4 is 10.6 Å². The second-order valence-electron chi connectivity index (χ2n) is 6.27. The van der Waals surface area contributed by atoms with Crippen molar-refractivity contribution < 1.29 is 4.79 Å². The lowest BCUT2D eigenvalue weighted by molar-refractivity contribution is -0.115. The molecule has 0 atom stereocenters. The molecular weight excluding hydrogens is 300 g/mol. The first kappa shape index (κ1) is 14.9. The number of nitrogens with zero attached hydrogens (tertiary/aromatic N) is 2. The van der Waals surface area contributed by atoms with Gasteiger partial charge in [-0.15, -0.1) is 0 Å². The van der Waals surface area contributed by atoms with Gasteiger partial charge in [0.2, 0.25) is 5.91 Å². The van der Waals surface area contributed by atoms with Crippen molar-refractivity contribution in [2.24, 2.45) is 5.92 Å². The number of para-hydroxylation sites is 2. The summed E-state index contributed by atoms with van der Waals surface area (Å²) in [6.07, 6.45) is 4.40. The Labute approximate surface area is 140 Å². The zero-order valence-corrected chi connectivity index (χ0v) is 13.4. The molecule has 0 spiro atoms. The number of fused-ring (bicyclic) bond motifs is 1. The van der Waals surface area contributed by atoms with Crippen LogP contribution in [0.25, 0.3) is 16.7 Å². The van der Waals surface area contributed by atoms with Crippen LogP contribution in [-0.2, 0) is 4.79 Å². The van der Waals surface area contributed by atoms with Gasteiger partial charge in [0.15, 0.2) is 0 Å². The van der Waals surface area contributed by atoms with Crippen LogP contribution in [0.15, 0.2) is 54.9 Å². The quantitative estimate of drug-likeness (QED) is 0.734. The molecule has 1 fully saturated rings. The molecule has 122 valence electrons. The number of aromatic nitrogens is 2. The zero-order valence-electron chi connectivity index (χ0n) is 13.4. The average molecular weight is 320 g/mol. The molecule has 2 N–H and O–H groups in total. The van der Waals surface area contributed by atoms with E-state index in [9.17, 15) is 4.79 Å². The Morgan fingerprint density at radius 1 is 1.12 bits per heavy atom. The first-order valence-electron chi connectivity index (χ1n) is 8.33. The van der Waals surface area contributed by atoms with Gasteiger partial charge < -0.3 is 10.6 Å². The van der Waals surface area contributed by atoms with E-state index in [-0.39, 0.29) is 5.91 Å². The number of hydrogen-bond acceptors (Lipinski definition) is 3. The molecule has 1 aliphatic rings. The summed E-state index contributed by atoms with van der Waals surface area (Å²) in [7, 11) is 0. The molecule has 0 saturated heterocycles. The molecule has 24 heavy (non-hydrogen) atoms. The molecule has 1 amide bonds. The summed E-state index contributed by atoms with van der Waals surface area (Å²) in [4.78, 5) is 16.3. The van der Waals surface area contributed by atoms with E-state index < -0.39 is 0 Å². The van der Waals surface area contributed by atoms with Crippen LogP contribution in [0.3, 0.4) is 0 Å². The molecule has 4 rings (SSSR count). The Bertz CT molecular complexity index is 849. The van der Waals surface area contributed by atoms with Crippen LogP contribution in [0.2, 0.25) is 0 Å². The topological polar surface area (TPSA) is 59.0 Å². The number of carbonyl (C=O) groups excluding carboxylic acids is 1. The molecule has 5 nitrogen and oxygen atoms in total. The van der Waals surface area contributed by atoms with Gasteiger partial charge in [0.25, 0.3) is 0 Å². The molecule has 5 heteroatoms. The summed E-state index contributed by atoms with van der Waals surface area (Å²) < 4.78 is 2.04. The third-order valence-electron chi connectivity index (χ3n) is 4.30. The van der Waals surface area contributed by atoms with Gasteiger partial charge in [-0.3, -0.25) is 9.36 Å². The number of nitrogens with one attached hydrogen (secondary N) is 2. The summed E-state index contributed by atoms with van der Waals surface area (Å²) in [5.74, 6) is 0.776. The Hall–Kier alpha value is -2.66. The first-order valence-corrected chi connectivity index (χ1v) is 8.33. The van der Waals surface area contributed by atoms with Crippen molar-refractivity contribution in [1.29, 1.82) is 0 Å². The highest BCUT2D eigenvalue weighted by Gasteiger charge is 2.20. The van der Waals surface area contributed by atoms with E-state index in [1.54, 1.807) is 0 Å². The Morgan fingerprint density at radius 2 is 1.92 bits per heavy atom. The van der Waals surface area contributed by atoms with Gasteiger partial charge in [0.1, 0.15) is 6.33 Å². The van der Waals surface area contributed by atoms with E-state index in [2.05, 4.69) is 15.6 Å². The SMILES string of the molecule is O=C(CNCC1CC1)Nc1ccc(-n2cnc3ccccc32)cc1. The minimum atomic E-state index is -0.00326. The maximum Gasteiger partial charge on any atom is 0.238 e. The van der Waals surface area contributed by atoms with Gasteiger partial charge in [-0.2, -0.15) is 0 Å². The second kappa shape index (κ2) is 6.45. The van der Waals surface area contributed by atoms with E-state index >= 15 is 0 Å². The second-order valence-corrected chi connectivity index (χ2v) is 6.27. The van der Waals surface area contributed by atoms with Crippen molar-refractivity contribution in [1.82, 2.24) is 14.9 Å². The fourth-order valence-corrected chi connectivity index (χ4v) is 2.79. The van der Waals surface area contributed by atoms with Gasteiger partial charge in [-0.1, -0.05) is 12.1 Å². The molecule has 1 saturated carbocycles. The highest BCUT2D eigenvalue weighted by atomic mass is 16.1. The van der Waals surface area contributed by atoms with Crippen LogP contribution >= 0.6 is 0 Å². The van der Waals surface area contributed by atoms with Gasteiger partial charge in [-0.05, 0) is 61.7 Å². The van der Waals surface area contributed by atoms with Crippen molar-refractivity contribution in [3.63, 3.8) is 0 Å². The van der Waals surface area contributed by atoms with Crippen molar-refractivity contribution in [3.05, 3.63) is 54.9 Å². The number of imidazole rings is 1. The predicted molar refractivity (Wildman–Crippen MR) is 95.3 cm³/mol.